The third-order valence-electron chi connectivity index (χ3n) is 4.06. The third-order valence-corrected chi connectivity index (χ3v) is 5.56. The van der Waals surface area contributed by atoms with Gasteiger partial charge in [0.1, 0.15) is 5.75 Å². The lowest BCUT2D eigenvalue weighted by molar-refractivity contribution is 0.0725. The van der Waals surface area contributed by atoms with E-state index in [1.54, 1.807) is 24.3 Å². The van der Waals surface area contributed by atoms with Gasteiger partial charge in [-0.25, -0.2) is 4.39 Å². The Bertz CT molecular complexity index is 684. The zero-order valence-electron chi connectivity index (χ0n) is 13.4. The molecule has 1 aliphatic rings. The first-order valence-corrected chi connectivity index (χ1v) is 9.63. The van der Waals surface area contributed by atoms with E-state index in [1.165, 1.54) is 6.07 Å². The molecule has 2 aromatic rings. The predicted molar refractivity (Wildman–Crippen MR) is 93.2 cm³/mol. The fourth-order valence-corrected chi connectivity index (χ4v) is 4.28. The van der Waals surface area contributed by atoms with Gasteiger partial charge < -0.3 is 9.47 Å². The SMILES string of the molecule is O=[S@](Cc1ccc(Oc2ccccc2)c(F)c1)CC1CCOCC1. The number of halogens is 1. The topological polar surface area (TPSA) is 35.5 Å². The predicted octanol–water partition coefficient (Wildman–Crippen LogP) is 4.29. The van der Waals surface area contributed by atoms with Gasteiger partial charge in [0.25, 0.3) is 0 Å². The van der Waals surface area contributed by atoms with Crippen LogP contribution < -0.4 is 4.74 Å². The summed E-state index contributed by atoms with van der Waals surface area (Å²) >= 11 is 0. The molecule has 0 N–H and O–H groups in total. The summed E-state index contributed by atoms with van der Waals surface area (Å²) in [7, 11) is -0.984. The van der Waals surface area contributed by atoms with Gasteiger partial charge in [-0.15, -0.1) is 0 Å². The van der Waals surface area contributed by atoms with Crippen molar-refractivity contribution >= 4 is 10.8 Å². The van der Waals surface area contributed by atoms with Crippen molar-refractivity contribution in [1.29, 1.82) is 0 Å². The normalized spacial score (nSPS) is 16.7. The second kappa shape index (κ2) is 8.40. The van der Waals surface area contributed by atoms with Crippen molar-refractivity contribution < 1.29 is 18.1 Å². The molecular weight excluding hydrogens is 327 g/mol. The van der Waals surface area contributed by atoms with Crippen molar-refractivity contribution in [2.24, 2.45) is 5.92 Å². The fraction of sp³-hybridized carbons (Fsp3) is 0.368. The van der Waals surface area contributed by atoms with Gasteiger partial charge in [0, 0.05) is 35.5 Å². The molecule has 0 aromatic heterocycles. The van der Waals surface area contributed by atoms with E-state index in [9.17, 15) is 8.60 Å². The van der Waals surface area contributed by atoms with Crippen LogP contribution in [0, 0.1) is 11.7 Å². The highest BCUT2D eigenvalue weighted by Gasteiger charge is 2.17. The highest BCUT2D eigenvalue weighted by Crippen LogP contribution is 2.25. The average molecular weight is 348 g/mol. The molecule has 0 aliphatic carbocycles. The molecule has 3 nitrogen and oxygen atoms in total. The zero-order valence-corrected chi connectivity index (χ0v) is 14.3. The Labute approximate surface area is 144 Å². The van der Waals surface area contributed by atoms with Crippen LogP contribution in [0.3, 0.4) is 0 Å². The monoisotopic (exact) mass is 348 g/mol. The van der Waals surface area contributed by atoms with Crippen LogP contribution >= 0.6 is 0 Å². The zero-order chi connectivity index (χ0) is 16.8. The Morgan fingerprint density at radius 1 is 1.12 bits per heavy atom. The van der Waals surface area contributed by atoms with E-state index < -0.39 is 16.6 Å². The van der Waals surface area contributed by atoms with Crippen LogP contribution in [-0.4, -0.2) is 23.2 Å². The molecule has 1 saturated heterocycles. The Morgan fingerprint density at radius 2 is 1.88 bits per heavy atom. The van der Waals surface area contributed by atoms with Gasteiger partial charge in [-0.2, -0.15) is 0 Å². The quantitative estimate of drug-likeness (QED) is 0.781. The molecule has 1 fully saturated rings. The summed E-state index contributed by atoms with van der Waals surface area (Å²) in [5.41, 5.74) is 0.735. The van der Waals surface area contributed by atoms with Gasteiger partial charge >= 0.3 is 0 Å². The summed E-state index contributed by atoms with van der Waals surface area (Å²) in [6.07, 6.45) is 1.92. The van der Waals surface area contributed by atoms with Crippen LogP contribution in [0.4, 0.5) is 4.39 Å². The lowest BCUT2D eigenvalue weighted by atomic mass is 10.0. The van der Waals surface area contributed by atoms with Gasteiger partial charge in [0.2, 0.25) is 0 Å². The largest absolute Gasteiger partial charge is 0.454 e. The number of rotatable bonds is 6. The van der Waals surface area contributed by atoms with Gasteiger partial charge in [-0.05, 0) is 48.6 Å². The Hall–Kier alpha value is -1.72. The van der Waals surface area contributed by atoms with Crippen LogP contribution in [0.2, 0.25) is 0 Å². The van der Waals surface area contributed by atoms with Gasteiger partial charge in [-0.3, -0.25) is 4.21 Å². The number of hydrogen-bond donors (Lipinski definition) is 0. The minimum absolute atomic E-state index is 0.181. The maximum Gasteiger partial charge on any atom is 0.166 e. The van der Waals surface area contributed by atoms with Crippen molar-refractivity contribution in [3.63, 3.8) is 0 Å². The standard InChI is InChI=1S/C19H21FO3S/c20-18-12-16(14-24(21)13-15-8-10-22-11-9-15)6-7-19(18)23-17-4-2-1-3-5-17/h1-7,12,15H,8-11,13-14H2/t24-/m0/s1. The Balaban J connectivity index is 1.58. The molecule has 1 heterocycles. The van der Waals surface area contributed by atoms with E-state index in [-0.39, 0.29) is 5.75 Å². The summed E-state index contributed by atoms with van der Waals surface area (Å²) < 4.78 is 37.3. The maximum absolute atomic E-state index is 14.2. The lowest BCUT2D eigenvalue weighted by Crippen LogP contribution is -2.21. The number of hydrogen-bond acceptors (Lipinski definition) is 3. The maximum atomic E-state index is 14.2. The summed E-state index contributed by atoms with van der Waals surface area (Å²) in [5, 5.41) is 0. The van der Waals surface area contributed by atoms with E-state index in [0.29, 0.717) is 23.2 Å². The summed E-state index contributed by atoms with van der Waals surface area (Å²) in [5.74, 6) is 1.82. The molecule has 0 radical (unpaired) electrons. The van der Waals surface area contributed by atoms with Crippen LogP contribution in [0.15, 0.2) is 48.5 Å². The van der Waals surface area contributed by atoms with Crippen molar-refractivity contribution in [3.8, 4) is 11.5 Å². The second-order valence-corrected chi connectivity index (χ2v) is 7.49. The van der Waals surface area contributed by atoms with Gasteiger partial charge in [-0.1, -0.05) is 24.3 Å². The van der Waals surface area contributed by atoms with Crippen LogP contribution in [-0.2, 0) is 21.3 Å². The highest BCUT2D eigenvalue weighted by molar-refractivity contribution is 7.84. The molecule has 0 bridgehead atoms. The average Bonchev–Trinajstić information content (AvgIpc) is 2.59. The molecule has 1 aliphatic heterocycles. The molecule has 1 atom stereocenters. The third kappa shape index (κ3) is 4.89. The summed E-state index contributed by atoms with van der Waals surface area (Å²) in [6.45, 7) is 1.50. The molecular formula is C19H21FO3S. The van der Waals surface area contributed by atoms with E-state index in [2.05, 4.69) is 0 Å². The minimum atomic E-state index is -0.984. The van der Waals surface area contributed by atoms with Gasteiger partial charge in [0.15, 0.2) is 11.6 Å². The van der Waals surface area contributed by atoms with Crippen LogP contribution in [0.25, 0.3) is 0 Å². The van der Waals surface area contributed by atoms with E-state index in [1.807, 2.05) is 18.2 Å². The van der Waals surface area contributed by atoms with Crippen molar-refractivity contribution in [2.45, 2.75) is 18.6 Å². The van der Waals surface area contributed by atoms with Crippen molar-refractivity contribution in [2.75, 3.05) is 19.0 Å². The molecule has 5 heteroatoms. The smallest absolute Gasteiger partial charge is 0.166 e. The van der Waals surface area contributed by atoms with Gasteiger partial charge in [0.05, 0.1) is 0 Å². The van der Waals surface area contributed by atoms with Crippen molar-refractivity contribution in [3.05, 3.63) is 59.9 Å². The molecule has 24 heavy (non-hydrogen) atoms. The van der Waals surface area contributed by atoms with Crippen LogP contribution in [0.5, 0.6) is 11.5 Å². The molecule has 0 amide bonds. The molecule has 0 spiro atoms. The molecule has 128 valence electrons. The minimum Gasteiger partial charge on any atom is -0.454 e. The Kier molecular flexibility index (Phi) is 5.99. The number of ether oxygens (including phenoxy) is 2. The second-order valence-electron chi connectivity index (χ2n) is 5.99. The number of para-hydroxylation sites is 1. The van der Waals surface area contributed by atoms with E-state index >= 15 is 0 Å². The molecule has 0 unspecified atom stereocenters. The summed E-state index contributed by atoms with van der Waals surface area (Å²) in [4.78, 5) is 0. The molecule has 3 rings (SSSR count). The Morgan fingerprint density at radius 3 is 2.58 bits per heavy atom. The van der Waals surface area contributed by atoms with E-state index in [4.69, 9.17) is 9.47 Å². The lowest BCUT2D eigenvalue weighted by Gasteiger charge is -2.21. The first-order chi connectivity index (χ1) is 11.7. The first-order valence-electron chi connectivity index (χ1n) is 8.15. The molecule has 2 aromatic carbocycles. The highest BCUT2D eigenvalue weighted by atomic mass is 32.2. The van der Waals surface area contributed by atoms with Crippen LogP contribution in [0.1, 0.15) is 18.4 Å². The van der Waals surface area contributed by atoms with Crippen molar-refractivity contribution in [1.82, 2.24) is 0 Å². The summed E-state index contributed by atoms with van der Waals surface area (Å²) in [6, 6.07) is 13.9. The fourth-order valence-electron chi connectivity index (χ4n) is 2.75. The first kappa shape index (κ1) is 17.1. The number of benzene rings is 2. The molecule has 0 saturated carbocycles. The van der Waals surface area contributed by atoms with E-state index in [0.717, 1.165) is 31.6 Å².